The maximum Gasteiger partial charge on any atom is 0.127 e. The van der Waals surface area contributed by atoms with Crippen molar-refractivity contribution in [2.45, 2.75) is 51.6 Å². The van der Waals surface area contributed by atoms with E-state index in [1.807, 2.05) is 12.1 Å². The molecule has 1 aliphatic heterocycles. The van der Waals surface area contributed by atoms with E-state index in [0.29, 0.717) is 6.04 Å². The van der Waals surface area contributed by atoms with E-state index >= 15 is 0 Å². The van der Waals surface area contributed by atoms with E-state index in [1.54, 1.807) is 12.1 Å². The van der Waals surface area contributed by atoms with Gasteiger partial charge in [0.2, 0.25) is 0 Å². The van der Waals surface area contributed by atoms with Crippen molar-refractivity contribution in [1.29, 1.82) is 0 Å². The first kappa shape index (κ1) is 15.5. The molecule has 0 radical (unpaired) electrons. The molecule has 1 unspecified atom stereocenters. The van der Waals surface area contributed by atoms with E-state index in [-0.39, 0.29) is 11.9 Å². The molecule has 0 bridgehead atoms. The van der Waals surface area contributed by atoms with Crippen LogP contribution < -0.4 is 5.32 Å². The molecule has 1 aliphatic rings. The van der Waals surface area contributed by atoms with Gasteiger partial charge in [-0.1, -0.05) is 32.0 Å². The molecule has 20 heavy (non-hydrogen) atoms. The van der Waals surface area contributed by atoms with E-state index in [1.165, 1.54) is 38.9 Å². The predicted octanol–water partition coefficient (Wildman–Crippen LogP) is 3.74. The lowest BCUT2D eigenvalue weighted by Crippen LogP contribution is -2.43. The Bertz CT molecular complexity index is 400. The Balaban J connectivity index is 1.90. The fourth-order valence-corrected chi connectivity index (χ4v) is 3.11. The minimum Gasteiger partial charge on any atom is -0.307 e. The maximum absolute atomic E-state index is 13.9. The molecular formula is C17H27FN2. The van der Waals surface area contributed by atoms with Crippen molar-refractivity contribution in [3.63, 3.8) is 0 Å². The van der Waals surface area contributed by atoms with Crippen molar-refractivity contribution in [2.24, 2.45) is 0 Å². The van der Waals surface area contributed by atoms with Crippen LogP contribution in [0.1, 0.15) is 51.1 Å². The van der Waals surface area contributed by atoms with Gasteiger partial charge in [0.1, 0.15) is 5.82 Å². The van der Waals surface area contributed by atoms with Crippen molar-refractivity contribution in [3.05, 3.63) is 35.6 Å². The van der Waals surface area contributed by atoms with Crippen LogP contribution in [0.3, 0.4) is 0 Å². The number of nitrogens with one attached hydrogen (secondary N) is 1. The summed E-state index contributed by atoms with van der Waals surface area (Å²) in [5, 5.41) is 3.66. The third-order valence-electron chi connectivity index (χ3n) is 4.25. The van der Waals surface area contributed by atoms with Gasteiger partial charge in [-0.25, -0.2) is 4.39 Å². The second-order valence-corrected chi connectivity index (χ2v) is 5.76. The summed E-state index contributed by atoms with van der Waals surface area (Å²) in [4.78, 5) is 2.53. The summed E-state index contributed by atoms with van der Waals surface area (Å²) in [5.74, 6) is -0.0877. The number of nitrogens with zero attached hydrogens (tertiary/aromatic N) is 1. The van der Waals surface area contributed by atoms with E-state index in [2.05, 4.69) is 24.1 Å². The standard InChI is InChI=1S/C17H27FN2/c1-3-11-20-12-9-14(10-13-20)19-17(4-2)15-7-5-6-8-16(15)18/h5-8,14,17,19H,3-4,9-13H2,1-2H3. The zero-order chi connectivity index (χ0) is 14.4. The normalized spacial score (nSPS) is 19.1. The lowest BCUT2D eigenvalue weighted by Gasteiger charge is -2.34. The van der Waals surface area contributed by atoms with Gasteiger partial charge < -0.3 is 10.2 Å². The molecule has 3 heteroatoms. The quantitative estimate of drug-likeness (QED) is 0.852. The molecule has 1 aromatic rings. The summed E-state index contributed by atoms with van der Waals surface area (Å²) in [6, 6.07) is 7.81. The smallest absolute Gasteiger partial charge is 0.127 e. The van der Waals surface area contributed by atoms with Gasteiger partial charge in [0.25, 0.3) is 0 Å². The minimum atomic E-state index is -0.0877. The highest BCUT2D eigenvalue weighted by molar-refractivity contribution is 5.21. The highest BCUT2D eigenvalue weighted by Gasteiger charge is 2.22. The molecule has 1 atom stereocenters. The minimum absolute atomic E-state index is 0.0877. The van der Waals surface area contributed by atoms with Crippen LogP contribution in [0.4, 0.5) is 4.39 Å². The van der Waals surface area contributed by atoms with Gasteiger partial charge in [0.15, 0.2) is 0 Å². The molecule has 0 saturated carbocycles. The van der Waals surface area contributed by atoms with Crippen LogP contribution in [0.2, 0.25) is 0 Å². The SMILES string of the molecule is CCCN1CCC(NC(CC)c2ccccc2F)CC1. The van der Waals surface area contributed by atoms with Gasteiger partial charge in [0.05, 0.1) is 0 Å². The van der Waals surface area contributed by atoms with Gasteiger partial charge in [-0.15, -0.1) is 0 Å². The summed E-state index contributed by atoms with van der Waals surface area (Å²) < 4.78 is 13.9. The second-order valence-electron chi connectivity index (χ2n) is 5.76. The molecule has 1 fully saturated rings. The Morgan fingerprint density at radius 1 is 1.25 bits per heavy atom. The van der Waals surface area contributed by atoms with Crippen molar-refractivity contribution in [2.75, 3.05) is 19.6 Å². The first-order valence-corrected chi connectivity index (χ1v) is 7.97. The van der Waals surface area contributed by atoms with Crippen molar-refractivity contribution < 1.29 is 4.39 Å². The Hall–Kier alpha value is -0.930. The first-order chi connectivity index (χ1) is 9.74. The van der Waals surface area contributed by atoms with Crippen LogP contribution in [0.25, 0.3) is 0 Å². The number of hydrogen-bond acceptors (Lipinski definition) is 2. The molecule has 2 rings (SSSR count). The Labute approximate surface area is 122 Å². The summed E-state index contributed by atoms with van der Waals surface area (Å²) in [6.07, 6.45) is 4.50. The summed E-state index contributed by atoms with van der Waals surface area (Å²) >= 11 is 0. The van der Waals surface area contributed by atoms with Gasteiger partial charge in [-0.3, -0.25) is 0 Å². The molecule has 0 aliphatic carbocycles. The molecule has 0 amide bonds. The average molecular weight is 278 g/mol. The summed E-state index contributed by atoms with van der Waals surface area (Å²) in [5.41, 5.74) is 0.811. The maximum atomic E-state index is 13.9. The summed E-state index contributed by atoms with van der Waals surface area (Å²) in [7, 11) is 0. The van der Waals surface area contributed by atoms with E-state index < -0.39 is 0 Å². The molecule has 1 N–H and O–H groups in total. The molecule has 1 heterocycles. The molecule has 1 saturated heterocycles. The van der Waals surface area contributed by atoms with Gasteiger partial charge in [-0.05, 0) is 51.4 Å². The molecule has 1 aromatic carbocycles. The highest BCUT2D eigenvalue weighted by Crippen LogP contribution is 2.22. The van der Waals surface area contributed by atoms with E-state index in [0.717, 1.165) is 12.0 Å². The fraction of sp³-hybridized carbons (Fsp3) is 0.647. The van der Waals surface area contributed by atoms with E-state index in [9.17, 15) is 4.39 Å². The number of halogens is 1. The van der Waals surface area contributed by atoms with E-state index in [4.69, 9.17) is 0 Å². The largest absolute Gasteiger partial charge is 0.307 e. The van der Waals surface area contributed by atoms with Crippen LogP contribution in [0, 0.1) is 5.82 Å². The zero-order valence-corrected chi connectivity index (χ0v) is 12.7. The lowest BCUT2D eigenvalue weighted by atomic mass is 9.99. The van der Waals surface area contributed by atoms with Crippen LogP contribution in [-0.4, -0.2) is 30.6 Å². The fourth-order valence-electron chi connectivity index (χ4n) is 3.11. The Kier molecular flexibility index (Phi) is 5.99. The number of hydrogen-bond donors (Lipinski definition) is 1. The van der Waals surface area contributed by atoms with Gasteiger partial charge in [-0.2, -0.15) is 0 Å². The van der Waals surface area contributed by atoms with Crippen LogP contribution in [-0.2, 0) is 0 Å². The molecule has 0 aromatic heterocycles. The average Bonchev–Trinajstić information content (AvgIpc) is 2.48. The monoisotopic (exact) mass is 278 g/mol. The number of likely N-dealkylation sites (tertiary alicyclic amines) is 1. The van der Waals surface area contributed by atoms with Crippen LogP contribution >= 0.6 is 0 Å². The zero-order valence-electron chi connectivity index (χ0n) is 12.7. The third-order valence-corrected chi connectivity index (χ3v) is 4.25. The predicted molar refractivity (Wildman–Crippen MR) is 82.3 cm³/mol. The number of benzene rings is 1. The van der Waals surface area contributed by atoms with Crippen LogP contribution in [0.5, 0.6) is 0 Å². The second kappa shape index (κ2) is 7.75. The van der Waals surface area contributed by atoms with Crippen LogP contribution in [0.15, 0.2) is 24.3 Å². The number of piperidine rings is 1. The molecule has 112 valence electrons. The van der Waals surface area contributed by atoms with Crippen molar-refractivity contribution in [1.82, 2.24) is 10.2 Å². The van der Waals surface area contributed by atoms with Crippen molar-refractivity contribution >= 4 is 0 Å². The lowest BCUT2D eigenvalue weighted by molar-refractivity contribution is 0.190. The molecule has 0 spiro atoms. The van der Waals surface area contributed by atoms with Gasteiger partial charge in [0, 0.05) is 17.6 Å². The Morgan fingerprint density at radius 2 is 1.95 bits per heavy atom. The highest BCUT2D eigenvalue weighted by atomic mass is 19.1. The molecular weight excluding hydrogens is 251 g/mol. The van der Waals surface area contributed by atoms with Crippen molar-refractivity contribution in [3.8, 4) is 0 Å². The molecule has 2 nitrogen and oxygen atoms in total. The van der Waals surface area contributed by atoms with Gasteiger partial charge >= 0.3 is 0 Å². The topological polar surface area (TPSA) is 15.3 Å². The Morgan fingerprint density at radius 3 is 2.55 bits per heavy atom. The third kappa shape index (κ3) is 4.03. The first-order valence-electron chi connectivity index (χ1n) is 7.97. The summed E-state index contributed by atoms with van der Waals surface area (Å²) in [6.45, 7) is 7.89. The number of rotatable bonds is 6.